The van der Waals surface area contributed by atoms with Crippen LogP contribution < -0.4 is 0 Å². The van der Waals surface area contributed by atoms with Gasteiger partial charge < -0.3 is 0 Å². The van der Waals surface area contributed by atoms with Crippen molar-refractivity contribution in [2.75, 3.05) is 0 Å². The first-order chi connectivity index (χ1) is 19.3. The van der Waals surface area contributed by atoms with E-state index >= 15 is 0 Å². The summed E-state index contributed by atoms with van der Waals surface area (Å²) in [7, 11) is 0. The number of aromatic nitrogens is 3. The van der Waals surface area contributed by atoms with E-state index in [1.807, 2.05) is 36.4 Å². The number of fused-ring (bicyclic) bond motifs is 8. The molecule has 0 spiro atoms. The van der Waals surface area contributed by atoms with Crippen molar-refractivity contribution in [2.45, 2.75) is 17.3 Å². The molecule has 3 nitrogen and oxygen atoms in total. The van der Waals surface area contributed by atoms with Gasteiger partial charge in [-0.3, -0.25) is 0 Å². The van der Waals surface area contributed by atoms with E-state index in [1.54, 1.807) is 0 Å². The topological polar surface area (TPSA) is 38.7 Å². The highest BCUT2D eigenvalue weighted by Gasteiger charge is 2.63. The van der Waals surface area contributed by atoms with Gasteiger partial charge in [-0.15, -0.1) is 0 Å². The van der Waals surface area contributed by atoms with E-state index in [2.05, 4.69) is 103 Å². The van der Waals surface area contributed by atoms with E-state index in [9.17, 15) is 0 Å². The third kappa shape index (κ3) is 3.01. The van der Waals surface area contributed by atoms with Crippen LogP contribution in [0.5, 0.6) is 0 Å². The second-order valence-corrected chi connectivity index (χ2v) is 10.5. The molecule has 0 fully saturated rings. The van der Waals surface area contributed by atoms with Crippen molar-refractivity contribution in [1.29, 1.82) is 0 Å². The predicted octanol–water partition coefficient (Wildman–Crippen LogP) is 7.59. The highest BCUT2D eigenvalue weighted by atomic mass is 15.1. The van der Waals surface area contributed by atoms with Gasteiger partial charge in [-0.1, -0.05) is 140 Å². The molecule has 0 radical (unpaired) electrons. The van der Waals surface area contributed by atoms with E-state index in [-0.39, 0.29) is 5.41 Å². The van der Waals surface area contributed by atoms with Crippen LogP contribution in [0.2, 0.25) is 0 Å². The molecule has 1 heterocycles. The Morgan fingerprint density at radius 1 is 0.385 bits per heavy atom. The zero-order valence-corrected chi connectivity index (χ0v) is 21.3. The summed E-state index contributed by atoms with van der Waals surface area (Å²) in [6, 6.07) is 49.2. The van der Waals surface area contributed by atoms with Gasteiger partial charge in [0.05, 0.1) is 5.41 Å². The number of hydrogen-bond acceptors (Lipinski definition) is 3. The highest BCUT2D eigenvalue weighted by Crippen LogP contribution is 2.67. The van der Waals surface area contributed by atoms with Gasteiger partial charge in [0.15, 0.2) is 11.6 Å². The SMILES string of the molecule is c1ccc(-c2nc(-c3ccccc3)nc(C34CC(c5ccccc5)(c5ccccc53)c3ccccc34)n2)cc1. The quantitative estimate of drug-likeness (QED) is 0.251. The van der Waals surface area contributed by atoms with Crippen LogP contribution in [0.25, 0.3) is 22.8 Å². The first-order valence-corrected chi connectivity index (χ1v) is 13.4. The van der Waals surface area contributed by atoms with Gasteiger partial charge in [0.1, 0.15) is 5.82 Å². The van der Waals surface area contributed by atoms with Crippen molar-refractivity contribution >= 4 is 0 Å². The first-order valence-electron chi connectivity index (χ1n) is 13.4. The van der Waals surface area contributed by atoms with E-state index in [0.29, 0.717) is 11.6 Å². The van der Waals surface area contributed by atoms with Crippen LogP contribution in [-0.4, -0.2) is 15.0 Å². The van der Waals surface area contributed by atoms with Crippen molar-refractivity contribution in [3.63, 3.8) is 0 Å². The van der Waals surface area contributed by atoms with Crippen LogP contribution in [0.15, 0.2) is 140 Å². The van der Waals surface area contributed by atoms with Gasteiger partial charge in [-0.05, 0) is 34.2 Å². The second kappa shape index (κ2) is 8.31. The molecule has 0 amide bonds. The Hall–Kier alpha value is -4.89. The molecule has 2 aliphatic rings. The predicted molar refractivity (Wildman–Crippen MR) is 154 cm³/mol. The molecule has 0 saturated carbocycles. The summed E-state index contributed by atoms with van der Waals surface area (Å²) in [6.07, 6.45) is 0.856. The van der Waals surface area contributed by atoms with Gasteiger partial charge in [-0.25, -0.2) is 15.0 Å². The molecule has 0 aliphatic heterocycles. The van der Waals surface area contributed by atoms with Gasteiger partial charge in [0.2, 0.25) is 0 Å². The third-order valence-corrected chi connectivity index (χ3v) is 8.57. The van der Waals surface area contributed by atoms with Crippen molar-refractivity contribution in [3.8, 4) is 22.8 Å². The molecular formula is C36H25N3. The Bertz CT molecular complexity index is 1720. The molecule has 1 aromatic heterocycles. The lowest BCUT2D eigenvalue weighted by atomic mass is 9.69. The minimum atomic E-state index is -0.487. The molecule has 39 heavy (non-hydrogen) atoms. The summed E-state index contributed by atoms with van der Waals surface area (Å²) in [4.78, 5) is 15.6. The summed E-state index contributed by atoms with van der Waals surface area (Å²) < 4.78 is 0. The lowest BCUT2D eigenvalue weighted by Gasteiger charge is -2.33. The van der Waals surface area contributed by atoms with Crippen LogP contribution in [-0.2, 0) is 10.8 Å². The fourth-order valence-corrected chi connectivity index (χ4v) is 6.98. The summed E-state index contributed by atoms with van der Waals surface area (Å²) >= 11 is 0. The van der Waals surface area contributed by atoms with E-state index in [4.69, 9.17) is 15.0 Å². The Kier molecular flexibility index (Phi) is 4.71. The molecule has 3 heteroatoms. The molecule has 0 saturated heterocycles. The number of rotatable bonds is 4. The maximum absolute atomic E-state index is 5.28. The van der Waals surface area contributed by atoms with Crippen LogP contribution in [0.3, 0.4) is 0 Å². The largest absolute Gasteiger partial charge is 0.212 e. The fourth-order valence-electron chi connectivity index (χ4n) is 6.98. The maximum Gasteiger partial charge on any atom is 0.163 e. The molecule has 184 valence electrons. The summed E-state index contributed by atoms with van der Waals surface area (Å²) in [5, 5.41) is 0. The minimum absolute atomic E-state index is 0.263. The van der Waals surface area contributed by atoms with Gasteiger partial charge >= 0.3 is 0 Å². The lowest BCUT2D eigenvalue weighted by molar-refractivity contribution is 0.537. The minimum Gasteiger partial charge on any atom is -0.212 e. The molecule has 6 aromatic rings. The van der Waals surface area contributed by atoms with Crippen LogP contribution in [0.1, 0.15) is 40.1 Å². The monoisotopic (exact) mass is 499 g/mol. The fraction of sp³-hybridized carbons (Fsp3) is 0.0833. The molecule has 8 rings (SSSR count). The number of nitrogens with zero attached hydrogens (tertiary/aromatic N) is 3. The zero-order chi connectivity index (χ0) is 25.9. The van der Waals surface area contributed by atoms with E-state index < -0.39 is 5.41 Å². The molecule has 2 bridgehead atoms. The Morgan fingerprint density at radius 2 is 0.769 bits per heavy atom. The van der Waals surface area contributed by atoms with E-state index in [0.717, 1.165) is 23.4 Å². The lowest BCUT2D eigenvalue weighted by Crippen LogP contribution is -2.29. The smallest absolute Gasteiger partial charge is 0.163 e. The molecule has 5 aromatic carbocycles. The maximum atomic E-state index is 5.28. The van der Waals surface area contributed by atoms with Gasteiger partial charge in [-0.2, -0.15) is 0 Å². The van der Waals surface area contributed by atoms with Crippen molar-refractivity contribution in [1.82, 2.24) is 15.0 Å². The van der Waals surface area contributed by atoms with E-state index in [1.165, 1.54) is 27.8 Å². The van der Waals surface area contributed by atoms with Crippen molar-refractivity contribution in [3.05, 3.63) is 173 Å². The van der Waals surface area contributed by atoms with Crippen LogP contribution >= 0.6 is 0 Å². The zero-order valence-electron chi connectivity index (χ0n) is 21.3. The Labute approximate surface area is 227 Å². The normalized spacial score (nSPS) is 20.4. The number of benzene rings is 5. The Morgan fingerprint density at radius 3 is 1.23 bits per heavy atom. The first kappa shape index (κ1) is 22.1. The highest BCUT2D eigenvalue weighted by molar-refractivity contribution is 5.74. The summed E-state index contributed by atoms with van der Waals surface area (Å²) in [5.74, 6) is 2.21. The Balaban J connectivity index is 1.47. The standard InChI is InChI=1S/C36H25N3/c1-4-14-25(15-5-1)32-37-33(26-16-6-2-7-17-26)39-34(38-32)36-24-35(27-18-8-3-9-19-27,28-20-10-12-22-30(28)36)29-21-11-13-23-31(29)36/h1-23H,24H2. The third-order valence-electron chi connectivity index (χ3n) is 8.57. The average Bonchev–Trinajstić information content (AvgIpc) is 3.52. The molecule has 0 N–H and O–H groups in total. The second-order valence-electron chi connectivity index (χ2n) is 10.5. The van der Waals surface area contributed by atoms with Crippen LogP contribution in [0.4, 0.5) is 0 Å². The molecule has 2 aliphatic carbocycles. The summed E-state index contributed by atoms with van der Waals surface area (Å²) in [5.41, 5.74) is 7.80. The summed E-state index contributed by atoms with van der Waals surface area (Å²) in [6.45, 7) is 0. The van der Waals surface area contributed by atoms with Crippen LogP contribution in [0, 0.1) is 0 Å². The molecule has 0 unspecified atom stereocenters. The van der Waals surface area contributed by atoms with Gasteiger partial charge in [0.25, 0.3) is 0 Å². The molecular weight excluding hydrogens is 474 g/mol. The van der Waals surface area contributed by atoms with Crippen molar-refractivity contribution < 1.29 is 0 Å². The van der Waals surface area contributed by atoms with Gasteiger partial charge in [0, 0.05) is 16.5 Å². The van der Waals surface area contributed by atoms with Crippen molar-refractivity contribution in [2.24, 2.45) is 0 Å². The number of hydrogen-bond donors (Lipinski definition) is 0. The molecule has 0 atom stereocenters. The average molecular weight is 500 g/mol.